The summed E-state index contributed by atoms with van der Waals surface area (Å²) in [6.45, 7) is 3.66. The third kappa shape index (κ3) is 2.56. The van der Waals surface area contributed by atoms with Crippen molar-refractivity contribution in [3.63, 3.8) is 0 Å². The molecule has 0 radical (unpaired) electrons. The smallest absolute Gasteiger partial charge is 0.330 e. The maximum absolute atomic E-state index is 11.1. The van der Waals surface area contributed by atoms with Crippen LogP contribution >= 0.6 is 0 Å². The van der Waals surface area contributed by atoms with Gasteiger partial charge in [0.25, 0.3) is 0 Å². The summed E-state index contributed by atoms with van der Waals surface area (Å²) in [6.07, 6.45) is 1.45. The molecule has 2 fully saturated rings. The van der Waals surface area contributed by atoms with Crippen LogP contribution in [0.25, 0.3) is 0 Å². The molecule has 6 heteroatoms. The number of fused-ring (bicyclic) bond motifs is 1. The van der Waals surface area contributed by atoms with Crippen molar-refractivity contribution in [1.82, 2.24) is 0 Å². The van der Waals surface area contributed by atoms with Gasteiger partial charge < -0.3 is 23.7 Å². The van der Waals surface area contributed by atoms with E-state index in [4.69, 9.17) is 18.9 Å². The van der Waals surface area contributed by atoms with Gasteiger partial charge in [-0.05, 0) is 19.9 Å². The van der Waals surface area contributed by atoms with E-state index < -0.39 is 18.0 Å². The number of esters is 1. The van der Waals surface area contributed by atoms with Crippen molar-refractivity contribution in [3.8, 4) is 0 Å². The Morgan fingerprint density at radius 1 is 1.22 bits per heavy atom. The summed E-state index contributed by atoms with van der Waals surface area (Å²) in [5.74, 6) is -1.11. The van der Waals surface area contributed by atoms with Gasteiger partial charge >= 0.3 is 5.97 Å². The number of carbonyl (C=O) groups is 1. The molecule has 2 saturated heterocycles. The van der Waals surface area contributed by atoms with Gasteiger partial charge in [-0.25, -0.2) is 4.79 Å². The summed E-state index contributed by atoms with van der Waals surface area (Å²) in [5.41, 5.74) is 0. The number of ether oxygens (including phenoxy) is 5. The first-order chi connectivity index (χ1) is 8.46. The Kier molecular flexibility index (Phi) is 3.72. The highest BCUT2D eigenvalue weighted by Gasteiger charge is 2.54. The molecule has 6 nitrogen and oxygen atoms in total. The molecular formula is C12H18O6. The van der Waals surface area contributed by atoms with E-state index in [2.05, 4.69) is 4.74 Å². The van der Waals surface area contributed by atoms with E-state index in [1.54, 1.807) is 13.2 Å². The number of rotatable bonds is 3. The van der Waals surface area contributed by atoms with Gasteiger partial charge in [0.05, 0.1) is 7.11 Å². The summed E-state index contributed by atoms with van der Waals surface area (Å²) in [4.78, 5) is 11.1. The number of hydrogen-bond donors (Lipinski definition) is 0. The van der Waals surface area contributed by atoms with Gasteiger partial charge in [-0.3, -0.25) is 0 Å². The zero-order valence-corrected chi connectivity index (χ0v) is 10.9. The van der Waals surface area contributed by atoms with Crippen molar-refractivity contribution in [2.75, 3.05) is 14.2 Å². The van der Waals surface area contributed by atoms with E-state index in [-0.39, 0.29) is 18.3 Å². The zero-order chi connectivity index (χ0) is 13.3. The first kappa shape index (κ1) is 13.5. The summed E-state index contributed by atoms with van der Waals surface area (Å²) >= 11 is 0. The molecule has 0 aromatic heterocycles. The normalized spacial score (nSPS) is 38.0. The molecule has 2 rings (SSSR count). The van der Waals surface area contributed by atoms with Crippen LogP contribution in [0.5, 0.6) is 0 Å². The number of carbonyl (C=O) groups excluding carboxylic acids is 1. The fourth-order valence-electron chi connectivity index (χ4n) is 2.18. The highest BCUT2D eigenvalue weighted by molar-refractivity contribution is 5.81. The Morgan fingerprint density at radius 2 is 1.89 bits per heavy atom. The van der Waals surface area contributed by atoms with Crippen LogP contribution in [0.15, 0.2) is 12.2 Å². The maximum atomic E-state index is 11.1. The van der Waals surface area contributed by atoms with E-state index in [9.17, 15) is 4.79 Å². The molecular weight excluding hydrogens is 240 g/mol. The summed E-state index contributed by atoms with van der Waals surface area (Å²) in [7, 11) is 2.87. The van der Waals surface area contributed by atoms with Crippen LogP contribution in [0.2, 0.25) is 0 Å². The van der Waals surface area contributed by atoms with E-state index in [0.29, 0.717) is 0 Å². The third-order valence-electron chi connectivity index (χ3n) is 2.90. The lowest BCUT2D eigenvalue weighted by Gasteiger charge is -2.22. The molecule has 0 unspecified atom stereocenters. The molecule has 4 atom stereocenters. The molecule has 0 saturated carbocycles. The molecule has 2 heterocycles. The quantitative estimate of drug-likeness (QED) is 0.546. The van der Waals surface area contributed by atoms with Crippen LogP contribution in [-0.4, -0.2) is 50.6 Å². The van der Waals surface area contributed by atoms with Crippen LogP contribution in [0.1, 0.15) is 13.8 Å². The lowest BCUT2D eigenvalue weighted by molar-refractivity contribution is -0.221. The first-order valence-electron chi connectivity index (χ1n) is 5.77. The van der Waals surface area contributed by atoms with Crippen molar-refractivity contribution in [1.29, 1.82) is 0 Å². The molecule has 102 valence electrons. The maximum Gasteiger partial charge on any atom is 0.330 e. The second kappa shape index (κ2) is 4.97. The van der Waals surface area contributed by atoms with E-state index >= 15 is 0 Å². The Hall–Kier alpha value is -0.950. The van der Waals surface area contributed by atoms with Gasteiger partial charge in [-0.2, -0.15) is 0 Å². The molecule has 0 bridgehead atoms. The van der Waals surface area contributed by atoms with Crippen LogP contribution in [0.3, 0.4) is 0 Å². The van der Waals surface area contributed by atoms with E-state index in [1.807, 2.05) is 13.8 Å². The van der Waals surface area contributed by atoms with Crippen molar-refractivity contribution in [3.05, 3.63) is 12.2 Å². The molecule has 2 aliphatic rings. The molecule has 0 amide bonds. The predicted molar refractivity (Wildman–Crippen MR) is 60.7 cm³/mol. The molecule has 0 spiro atoms. The lowest BCUT2D eigenvalue weighted by Crippen LogP contribution is -2.30. The molecule has 2 aliphatic heterocycles. The Labute approximate surface area is 106 Å². The molecule has 0 aromatic rings. The van der Waals surface area contributed by atoms with Gasteiger partial charge in [0.1, 0.15) is 18.3 Å². The minimum atomic E-state index is -0.673. The monoisotopic (exact) mass is 258 g/mol. The van der Waals surface area contributed by atoms with Crippen molar-refractivity contribution in [2.45, 2.75) is 44.2 Å². The minimum Gasteiger partial charge on any atom is -0.466 e. The SMILES string of the molecule is COC(=O)/C=C/[C@H]1O[C@@H](OC)[C@@H]2OC(C)(C)O[C@@H]21. The number of methoxy groups -OCH3 is 2. The standard InChI is InChI=1S/C12H18O6/c1-12(2)17-9-7(5-6-8(13)14-3)16-11(15-4)10(9)18-12/h5-7,9-11H,1-4H3/b6-5+/t7-,9-,10-,11-/m1/s1. The van der Waals surface area contributed by atoms with Gasteiger partial charge in [0.15, 0.2) is 12.1 Å². The first-order valence-corrected chi connectivity index (χ1v) is 5.77. The van der Waals surface area contributed by atoms with Gasteiger partial charge in [-0.1, -0.05) is 0 Å². The van der Waals surface area contributed by atoms with Gasteiger partial charge in [0.2, 0.25) is 0 Å². The molecule has 0 aromatic carbocycles. The lowest BCUT2D eigenvalue weighted by atomic mass is 10.1. The minimum absolute atomic E-state index is 0.286. The topological polar surface area (TPSA) is 63.2 Å². The largest absolute Gasteiger partial charge is 0.466 e. The van der Waals surface area contributed by atoms with Crippen LogP contribution in [0.4, 0.5) is 0 Å². The van der Waals surface area contributed by atoms with Crippen LogP contribution < -0.4 is 0 Å². The summed E-state index contributed by atoms with van der Waals surface area (Å²) < 4.78 is 26.8. The van der Waals surface area contributed by atoms with Crippen LogP contribution in [0, 0.1) is 0 Å². The van der Waals surface area contributed by atoms with Crippen molar-refractivity contribution in [2.24, 2.45) is 0 Å². The predicted octanol–water partition coefficient (Wildman–Crippen LogP) is 0.607. The third-order valence-corrected chi connectivity index (χ3v) is 2.90. The summed E-state index contributed by atoms with van der Waals surface area (Å²) in [6, 6.07) is 0. The zero-order valence-electron chi connectivity index (χ0n) is 10.9. The van der Waals surface area contributed by atoms with E-state index in [1.165, 1.54) is 13.2 Å². The van der Waals surface area contributed by atoms with Crippen molar-refractivity contribution >= 4 is 5.97 Å². The molecule has 18 heavy (non-hydrogen) atoms. The summed E-state index contributed by atoms with van der Waals surface area (Å²) in [5, 5.41) is 0. The Bertz CT molecular complexity index is 350. The fraction of sp³-hybridized carbons (Fsp3) is 0.750. The Morgan fingerprint density at radius 3 is 2.50 bits per heavy atom. The fourth-order valence-corrected chi connectivity index (χ4v) is 2.18. The average molecular weight is 258 g/mol. The van der Waals surface area contributed by atoms with Gasteiger partial charge in [0, 0.05) is 13.2 Å². The highest BCUT2D eigenvalue weighted by Crippen LogP contribution is 2.39. The molecule has 0 N–H and O–H groups in total. The van der Waals surface area contributed by atoms with Gasteiger partial charge in [-0.15, -0.1) is 0 Å². The molecule has 0 aliphatic carbocycles. The second-order valence-corrected chi connectivity index (χ2v) is 4.65. The van der Waals surface area contributed by atoms with E-state index in [0.717, 1.165) is 0 Å². The number of hydrogen-bond acceptors (Lipinski definition) is 6. The van der Waals surface area contributed by atoms with Crippen LogP contribution in [-0.2, 0) is 28.5 Å². The highest BCUT2D eigenvalue weighted by atomic mass is 16.8. The second-order valence-electron chi connectivity index (χ2n) is 4.65. The van der Waals surface area contributed by atoms with Crippen molar-refractivity contribution < 1.29 is 28.5 Å². The Balaban J connectivity index is 2.09. The average Bonchev–Trinajstić information content (AvgIpc) is 2.79.